The average molecular weight is 234 g/mol. The van der Waals surface area contributed by atoms with Gasteiger partial charge in [0.25, 0.3) is 0 Å². The molecule has 1 aliphatic rings. The fraction of sp³-hybridized carbons (Fsp3) is 0.571. The van der Waals surface area contributed by atoms with E-state index < -0.39 is 0 Å². The highest BCUT2D eigenvalue weighted by Gasteiger charge is 2.22. The highest BCUT2D eigenvalue weighted by Crippen LogP contribution is 2.23. The molecule has 2 rings (SSSR count). The van der Waals surface area contributed by atoms with E-state index in [2.05, 4.69) is 30.9 Å². The Labute approximate surface area is 104 Å². The first kappa shape index (κ1) is 12.4. The van der Waals surface area contributed by atoms with Crippen LogP contribution in [0.1, 0.15) is 25.5 Å². The normalized spacial score (nSPS) is 21.9. The first-order chi connectivity index (χ1) is 8.15. The van der Waals surface area contributed by atoms with Gasteiger partial charge >= 0.3 is 0 Å². The second-order valence-corrected chi connectivity index (χ2v) is 5.18. The Hall–Kier alpha value is -1.06. The number of hydrogen-bond donors (Lipinski definition) is 1. The Bertz CT molecular complexity index is 348. The second kappa shape index (κ2) is 5.52. The molecule has 1 fully saturated rings. The molecule has 0 radical (unpaired) electrons. The first-order valence-corrected chi connectivity index (χ1v) is 6.34. The SMILES string of the molecule is CC(C)CN1CCO[C@@H](c2ccc(N)cc2)C1. The van der Waals surface area contributed by atoms with E-state index >= 15 is 0 Å². The molecule has 0 unspecified atom stereocenters. The van der Waals surface area contributed by atoms with Crippen LogP contribution in [0.15, 0.2) is 24.3 Å². The van der Waals surface area contributed by atoms with Crippen molar-refractivity contribution in [1.82, 2.24) is 4.90 Å². The van der Waals surface area contributed by atoms with Crippen molar-refractivity contribution in [3.63, 3.8) is 0 Å². The van der Waals surface area contributed by atoms with Crippen LogP contribution in [0.3, 0.4) is 0 Å². The summed E-state index contributed by atoms with van der Waals surface area (Å²) in [6, 6.07) is 8.03. The maximum atomic E-state index is 5.83. The van der Waals surface area contributed by atoms with Crippen LogP contribution in [0.5, 0.6) is 0 Å². The summed E-state index contributed by atoms with van der Waals surface area (Å²) >= 11 is 0. The molecule has 0 aromatic heterocycles. The number of rotatable bonds is 3. The van der Waals surface area contributed by atoms with E-state index in [9.17, 15) is 0 Å². The van der Waals surface area contributed by atoms with Crippen LogP contribution in [0.2, 0.25) is 0 Å². The van der Waals surface area contributed by atoms with Crippen molar-refractivity contribution in [2.45, 2.75) is 20.0 Å². The van der Waals surface area contributed by atoms with E-state index in [0.717, 1.165) is 31.9 Å². The third kappa shape index (κ3) is 3.45. The number of anilines is 1. The standard InChI is InChI=1S/C14H22N2O/c1-11(2)9-16-7-8-17-14(10-16)12-3-5-13(15)6-4-12/h3-6,11,14H,7-10,15H2,1-2H3/t14-/m1/s1. The predicted molar refractivity (Wildman–Crippen MR) is 70.8 cm³/mol. The molecular formula is C14H22N2O. The summed E-state index contributed by atoms with van der Waals surface area (Å²) in [6.07, 6.45) is 0.197. The zero-order chi connectivity index (χ0) is 12.3. The van der Waals surface area contributed by atoms with Gasteiger partial charge < -0.3 is 10.5 Å². The van der Waals surface area contributed by atoms with E-state index in [1.54, 1.807) is 0 Å². The molecule has 94 valence electrons. The van der Waals surface area contributed by atoms with E-state index in [0.29, 0.717) is 5.92 Å². The smallest absolute Gasteiger partial charge is 0.0952 e. The third-order valence-electron chi connectivity index (χ3n) is 3.08. The Kier molecular flexibility index (Phi) is 4.02. The number of benzene rings is 1. The van der Waals surface area contributed by atoms with Crippen molar-refractivity contribution in [1.29, 1.82) is 0 Å². The molecule has 1 saturated heterocycles. The van der Waals surface area contributed by atoms with E-state index in [1.807, 2.05) is 12.1 Å². The summed E-state index contributed by atoms with van der Waals surface area (Å²) < 4.78 is 5.83. The van der Waals surface area contributed by atoms with Crippen molar-refractivity contribution in [3.05, 3.63) is 29.8 Å². The Morgan fingerprint density at radius 2 is 2.06 bits per heavy atom. The van der Waals surface area contributed by atoms with Crippen molar-refractivity contribution in [2.75, 3.05) is 32.0 Å². The number of nitrogens with two attached hydrogens (primary N) is 1. The van der Waals surface area contributed by atoms with Crippen molar-refractivity contribution >= 4 is 5.69 Å². The van der Waals surface area contributed by atoms with Gasteiger partial charge in [0.2, 0.25) is 0 Å². The number of hydrogen-bond acceptors (Lipinski definition) is 3. The molecule has 2 N–H and O–H groups in total. The zero-order valence-corrected chi connectivity index (χ0v) is 10.7. The monoisotopic (exact) mass is 234 g/mol. The maximum Gasteiger partial charge on any atom is 0.0952 e. The lowest BCUT2D eigenvalue weighted by atomic mass is 10.1. The molecule has 3 heteroatoms. The lowest BCUT2D eigenvalue weighted by Gasteiger charge is -2.34. The molecule has 0 bridgehead atoms. The van der Waals surface area contributed by atoms with Gasteiger partial charge in [-0.3, -0.25) is 4.90 Å². The third-order valence-corrected chi connectivity index (χ3v) is 3.08. The van der Waals surface area contributed by atoms with E-state index in [4.69, 9.17) is 10.5 Å². The Morgan fingerprint density at radius 1 is 1.35 bits per heavy atom. The zero-order valence-electron chi connectivity index (χ0n) is 10.7. The Morgan fingerprint density at radius 3 is 2.71 bits per heavy atom. The molecule has 0 saturated carbocycles. The van der Waals surface area contributed by atoms with Gasteiger partial charge in [0.1, 0.15) is 0 Å². The summed E-state index contributed by atoms with van der Waals surface area (Å²) in [4.78, 5) is 2.48. The van der Waals surface area contributed by atoms with Gasteiger partial charge in [0.05, 0.1) is 12.7 Å². The Balaban J connectivity index is 1.99. The van der Waals surface area contributed by atoms with Crippen LogP contribution in [0.25, 0.3) is 0 Å². The van der Waals surface area contributed by atoms with E-state index in [1.165, 1.54) is 5.56 Å². The van der Waals surface area contributed by atoms with Crippen LogP contribution in [0.4, 0.5) is 5.69 Å². The fourth-order valence-corrected chi connectivity index (χ4v) is 2.30. The van der Waals surface area contributed by atoms with Gasteiger partial charge in [-0.15, -0.1) is 0 Å². The van der Waals surface area contributed by atoms with Crippen LogP contribution >= 0.6 is 0 Å². The van der Waals surface area contributed by atoms with Crippen LogP contribution in [0, 0.1) is 5.92 Å². The molecule has 1 aromatic rings. The molecule has 1 aromatic carbocycles. The first-order valence-electron chi connectivity index (χ1n) is 6.34. The minimum atomic E-state index is 0.197. The highest BCUT2D eigenvalue weighted by atomic mass is 16.5. The van der Waals surface area contributed by atoms with Crippen molar-refractivity contribution in [2.24, 2.45) is 5.92 Å². The fourth-order valence-electron chi connectivity index (χ4n) is 2.30. The quantitative estimate of drug-likeness (QED) is 0.816. The molecular weight excluding hydrogens is 212 g/mol. The number of ether oxygens (including phenoxy) is 1. The molecule has 1 heterocycles. The molecule has 17 heavy (non-hydrogen) atoms. The van der Waals surface area contributed by atoms with E-state index in [-0.39, 0.29) is 6.10 Å². The maximum absolute atomic E-state index is 5.83. The number of nitrogens with zero attached hydrogens (tertiary/aromatic N) is 1. The predicted octanol–water partition coefficient (Wildman–Crippen LogP) is 2.30. The summed E-state index contributed by atoms with van der Waals surface area (Å²) in [5.74, 6) is 0.708. The second-order valence-electron chi connectivity index (χ2n) is 5.18. The number of morpholine rings is 1. The number of nitrogen functional groups attached to an aromatic ring is 1. The van der Waals surface area contributed by atoms with Gasteiger partial charge in [-0.05, 0) is 23.6 Å². The minimum Gasteiger partial charge on any atom is -0.399 e. The van der Waals surface area contributed by atoms with Gasteiger partial charge in [-0.25, -0.2) is 0 Å². The summed E-state index contributed by atoms with van der Waals surface area (Å²) in [5, 5.41) is 0. The summed E-state index contributed by atoms with van der Waals surface area (Å²) in [5.41, 5.74) is 7.74. The molecule has 0 aliphatic carbocycles. The highest BCUT2D eigenvalue weighted by molar-refractivity contribution is 5.40. The lowest BCUT2D eigenvalue weighted by molar-refractivity contribution is -0.0331. The molecule has 1 atom stereocenters. The molecule has 0 spiro atoms. The summed E-state index contributed by atoms with van der Waals surface area (Å²) in [6.45, 7) is 8.52. The van der Waals surface area contributed by atoms with Gasteiger partial charge in [-0.1, -0.05) is 26.0 Å². The average Bonchev–Trinajstić information content (AvgIpc) is 2.29. The van der Waals surface area contributed by atoms with Crippen LogP contribution < -0.4 is 5.73 Å². The van der Waals surface area contributed by atoms with Gasteiger partial charge in [0.15, 0.2) is 0 Å². The minimum absolute atomic E-state index is 0.197. The summed E-state index contributed by atoms with van der Waals surface area (Å²) in [7, 11) is 0. The van der Waals surface area contributed by atoms with Crippen molar-refractivity contribution in [3.8, 4) is 0 Å². The topological polar surface area (TPSA) is 38.5 Å². The largest absolute Gasteiger partial charge is 0.399 e. The van der Waals surface area contributed by atoms with Crippen molar-refractivity contribution < 1.29 is 4.74 Å². The van der Waals surface area contributed by atoms with Gasteiger partial charge in [-0.2, -0.15) is 0 Å². The van der Waals surface area contributed by atoms with Crippen LogP contribution in [-0.4, -0.2) is 31.1 Å². The molecule has 3 nitrogen and oxygen atoms in total. The molecule has 1 aliphatic heterocycles. The van der Waals surface area contributed by atoms with Crippen LogP contribution in [-0.2, 0) is 4.74 Å². The lowest BCUT2D eigenvalue weighted by Crippen LogP contribution is -2.40. The van der Waals surface area contributed by atoms with Gasteiger partial charge in [0, 0.05) is 25.3 Å². The molecule has 0 amide bonds.